The van der Waals surface area contributed by atoms with Crippen molar-refractivity contribution < 1.29 is 4.74 Å². The van der Waals surface area contributed by atoms with Gasteiger partial charge in [0.1, 0.15) is 11.4 Å². The van der Waals surface area contributed by atoms with Gasteiger partial charge in [0, 0.05) is 6.42 Å². The van der Waals surface area contributed by atoms with Crippen molar-refractivity contribution in [1.82, 2.24) is 4.90 Å². The normalized spacial score (nSPS) is 23.7. The Morgan fingerprint density at radius 3 is 2.67 bits per heavy atom. The van der Waals surface area contributed by atoms with E-state index < -0.39 is 0 Å². The first kappa shape index (κ1) is 12.0. The summed E-state index contributed by atoms with van der Waals surface area (Å²) in [6.45, 7) is 6.77. The third kappa shape index (κ3) is 2.26. The second-order valence-electron chi connectivity index (χ2n) is 6.48. The summed E-state index contributed by atoms with van der Waals surface area (Å²) in [7, 11) is 2.21. The lowest BCUT2D eigenvalue weighted by molar-refractivity contribution is 0.138. The van der Waals surface area contributed by atoms with Gasteiger partial charge in [-0.05, 0) is 69.9 Å². The van der Waals surface area contributed by atoms with Gasteiger partial charge in [-0.2, -0.15) is 0 Å². The summed E-state index contributed by atoms with van der Waals surface area (Å²) in [5.74, 6) is 1.84. The number of hydrogen-bond acceptors (Lipinski definition) is 2. The van der Waals surface area contributed by atoms with Crippen LogP contribution in [-0.4, -0.2) is 30.6 Å². The zero-order chi connectivity index (χ0) is 12.8. The van der Waals surface area contributed by atoms with E-state index in [1.54, 1.807) is 0 Å². The van der Waals surface area contributed by atoms with Crippen LogP contribution in [-0.2, 0) is 6.42 Å². The van der Waals surface area contributed by atoms with Crippen LogP contribution in [0.3, 0.4) is 0 Å². The maximum Gasteiger partial charge on any atom is 0.123 e. The fourth-order valence-electron chi connectivity index (χ4n) is 3.20. The Hall–Kier alpha value is -1.02. The van der Waals surface area contributed by atoms with Crippen LogP contribution in [0.15, 0.2) is 18.2 Å². The number of nitrogens with zero attached hydrogens (tertiary/aromatic N) is 1. The topological polar surface area (TPSA) is 12.5 Å². The average molecular weight is 245 g/mol. The molecule has 2 aliphatic rings. The number of fused-ring (bicyclic) bond motifs is 1. The lowest BCUT2D eigenvalue weighted by Gasteiger charge is -2.29. The molecule has 3 rings (SSSR count). The lowest BCUT2D eigenvalue weighted by Crippen LogP contribution is -2.29. The van der Waals surface area contributed by atoms with Crippen LogP contribution in [0, 0.1) is 0 Å². The standard InChI is InChI=1S/C16H23NO/c1-16(2)11-14-5-4-13(10-15(14)18-16)12-6-8-17(3)9-7-12/h4-5,10,12H,6-9,11H2,1-3H3. The first-order chi connectivity index (χ1) is 8.53. The Labute approximate surface area is 110 Å². The highest BCUT2D eigenvalue weighted by Crippen LogP contribution is 2.38. The van der Waals surface area contributed by atoms with E-state index in [0.717, 1.165) is 18.1 Å². The molecule has 1 fully saturated rings. The molecule has 2 aliphatic heterocycles. The van der Waals surface area contributed by atoms with Gasteiger partial charge < -0.3 is 9.64 Å². The highest BCUT2D eigenvalue weighted by Gasteiger charge is 2.30. The molecule has 0 unspecified atom stereocenters. The highest BCUT2D eigenvalue weighted by atomic mass is 16.5. The number of rotatable bonds is 1. The molecule has 0 radical (unpaired) electrons. The van der Waals surface area contributed by atoms with Crippen LogP contribution in [0.1, 0.15) is 43.7 Å². The van der Waals surface area contributed by atoms with Crippen molar-refractivity contribution in [3.8, 4) is 5.75 Å². The van der Waals surface area contributed by atoms with Crippen molar-refractivity contribution in [2.24, 2.45) is 0 Å². The maximum atomic E-state index is 6.04. The van der Waals surface area contributed by atoms with Crippen molar-refractivity contribution in [3.63, 3.8) is 0 Å². The van der Waals surface area contributed by atoms with E-state index in [-0.39, 0.29) is 5.60 Å². The van der Waals surface area contributed by atoms with Crippen molar-refractivity contribution in [2.75, 3.05) is 20.1 Å². The molecule has 0 atom stereocenters. The van der Waals surface area contributed by atoms with Gasteiger partial charge in [-0.3, -0.25) is 0 Å². The van der Waals surface area contributed by atoms with Gasteiger partial charge in [0.25, 0.3) is 0 Å². The molecule has 0 amide bonds. The minimum Gasteiger partial charge on any atom is -0.487 e. The molecule has 1 aromatic rings. The summed E-state index contributed by atoms with van der Waals surface area (Å²) in [5.41, 5.74) is 2.82. The van der Waals surface area contributed by atoms with Crippen molar-refractivity contribution in [1.29, 1.82) is 0 Å². The van der Waals surface area contributed by atoms with E-state index >= 15 is 0 Å². The summed E-state index contributed by atoms with van der Waals surface area (Å²) in [6, 6.07) is 6.89. The Bertz CT molecular complexity index is 444. The molecule has 0 aliphatic carbocycles. The van der Waals surface area contributed by atoms with Crippen molar-refractivity contribution in [3.05, 3.63) is 29.3 Å². The minimum atomic E-state index is -0.0201. The molecule has 98 valence electrons. The molecular formula is C16H23NO. The average Bonchev–Trinajstić information content (AvgIpc) is 2.62. The summed E-state index contributed by atoms with van der Waals surface area (Å²) in [4.78, 5) is 2.42. The molecule has 0 bridgehead atoms. The van der Waals surface area contributed by atoms with Crippen LogP contribution in [0.5, 0.6) is 5.75 Å². The van der Waals surface area contributed by atoms with E-state index in [4.69, 9.17) is 4.74 Å². The molecular weight excluding hydrogens is 222 g/mol. The molecule has 0 aromatic heterocycles. The smallest absolute Gasteiger partial charge is 0.123 e. The third-order valence-electron chi connectivity index (χ3n) is 4.28. The van der Waals surface area contributed by atoms with E-state index in [1.165, 1.54) is 37.1 Å². The summed E-state index contributed by atoms with van der Waals surface area (Å²) in [5, 5.41) is 0. The molecule has 1 saturated heterocycles. The van der Waals surface area contributed by atoms with Gasteiger partial charge in [0.05, 0.1) is 0 Å². The lowest BCUT2D eigenvalue weighted by atomic mass is 9.88. The molecule has 0 N–H and O–H groups in total. The number of hydrogen-bond donors (Lipinski definition) is 0. The van der Waals surface area contributed by atoms with Gasteiger partial charge in [-0.1, -0.05) is 12.1 Å². The Balaban J connectivity index is 1.80. The monoisotopic (exact) mass is 245 g/mol. The third-order valence-corrected chi connectivity index (χ3v) is 4.28. The molecule has 0 spiro atoms. The second-order valence-corrected chi connectivity index (χ2v) is 6.48. The van der Waals surface area contributed by atoms with E-state index in [9.17, 15) is 0 Å². The second kappa shape index (κ2) is 4.27. The zero-order valence-corrected chi connectivity index (χ0v) is 11.7. The Morgan fingerprint density at radius 2 is 1.94 bits per heavy atom. The summed E-state index contributed by atoms with van der Waals surface area (Å²) >= 11 is 0. The first-order valence-corrected chi connectivity index (χ1v) is 7.04. The van der Waals surface area contributed by atoms with Gasteiger partial charge >= 0.3 is 0 Å². The highest BCUT2D eigenvalue weighted by molar-refractivity contribution is 5.43. The molecule has 18 heavy (non-hydrogen) atoms. The zero-order valence-electron chi connectivity index (χ0n) is 11.7. The summed E-state index contributed by atoms with van der Waals surface area (Å²) in [6.07, 6.45) is 3.59. The molecule has 2 nitrogen and oxygen atoms in total. The molecule has 1 aromatic carbocycles. The SMILES string of the molecule is CN1CCC(c2ccc3c(c2)OC(C)(C)C3)CC1. The Morgan fingerprint density at radius 1 is 1.22 bits per heavy atom. The van der Waals surface area contributed by atoms with Crippen LogP contribution in [0.25, 0.3) is 0 Å². The van der Waals surface area contributed by atoms with Crippen molar-refractivity contribution >= 4 is 0 Å². The Kier molecular flexibility index (Phi) is 2.86. The minimum absolute atomic E-state index is 0.0201. The van der Waals surface area contributed by atoms with E-state index in [1.807, 2.05) is 0 Å². The quantitative estimate of drug-likeness (QED) is 0.753. The van der Waals surface area contributed by atoms with Gasteiger partial charge in [0.2, 0.25) is 0 Å². The maximum absolute atomic E-state index is 6.04. The number of benzene rings is 1. The first-order valence-electron chi connectivity index (χ1n) is 7.04. The predicted molar refractivity (Wildman–Crippen MR) is 74.3 cm³/mol. The summed E-state index contributed by atoms with van der Waals surface area (Å²) < 4.78 is 6.04. The van der Waals surface area contributed by atoms with Crippen LogP contribution in [0.2, 0.25) is 0 Å². The molecule has 2 heterocycles. The van der Waals surface area contributed by atoms with Crippen molar-refractivity contribution in [2.45, 2.75) is 44.6 Å². The van der Waals surface area contributed by atoms with Gasteiger partial charge in [0.15, 0.2) is 0 Å². The van der Waals surface area contributed by atoms with Crippen LogP contribution >= 0.6 is 0 Å². The molecule has 0 saturated carbocycles. The van der Waals surface area contributed by atoms with Crippen LogP contribution < -0.4 is 4.74 Å². The van der Waals surface area contributed by atoms with Crippen LogP contribution in [0.4, 0.5) is 0 Å². The number of piperidine rings is 1. The predicted octanol–water partition coefficient (Wildman–Crippen LogP) is 3.21. The van der Waals surface area contributed by atoms with Gasteiger partial charge in [-0.25, -0.2) is 0 Å². The fraction of sp³-hybridized carbons (Fsp3) is 0.625. The largest absolute Gasteiger partial charge is 0.487 e. The molecule has 2 heteroatoms. The number of likely N-dealkylation sites (tertiary alicyclic amines) is 1. The van der Waals surface area contributed by atoms with E-state index in [0.29, 0.717) is 0 Å². The van der Waals surface area contributed by atoms with E-state index in [2.05, 4.69) is 44.0 Å². The number of ether oxygens (including phenoxy) is 1. The fourth-order valence-corrected chi connectivity index (χ4v) is 3.20. The van der Waals surface area contributed by atoms with Gasteiger partial charge in [-0.15, -0.1) is 0 Å².